The summed E-state index contributed by atoms with van der Waals surface area (Å²) in [6, 6.07) is 10.6. The maximum Gasteiger partial charge on any atom is 0.129 e. The molecule has 2 heteroatoms. The average Bonchev–Trinajstić information content (AvgIpc) is 2.40. The molecule has 1 nitrogen and oxygen atoms in total. The average molecular weight is 285 g/mol. The van der Waals surface area contributed by atoms with Gasteiger partial charge in [0.05, 0.1) is 6.04 Å². The lowest BCUT2D eigenvalue weighted by atomic mass is 9.93. The van der Waals surface area contributed by atoms with Crippen LogP contribution in [0.25, 0.3) is 0 Å². The van der Waals surface area contributed by atoms with E-state index in [1.54, 1.807) is 0 Å². The Labute approximate surface area is 127 Å². The zero-order chi connectivity index (χ0) is 15.6. The van der Waals surface area contributed by atoms with Crippen LogP contribution in [0.4, 0.5) is 4.39 Å². The van der Waals surface area contributed by atoms with Gasteiger partial charge in [-0.05, 0) is 56.5 Å². The van der Waals surface area contributed by atoms with Crippen LogP contribution >= 0.6 is 0 Å². The molecule has 0 saturated carbocycles. The summed E-state index contributed by atoms with van der Waals surface area (Å²) in [6.07, 6.45) is 0. The second-order valence-corrected chi connectivity index (χ2v) is 5.88. The Bertz CT molecular complexity index is 603. The predicted octanol–water partition coefficient (Wildman–Crippen LogP) is 4.76. The highest BCUT2D eigenvalue weighted by atomic mass is 19.1. The van der Waals surface area contributed by atoms with Crippen LogP contribution in [0.2, 0.25) is 0 Å². The van der Waals surface area contributed by atoms with E-state index in [0.717, 1.165) is 12.1 Å². The predicted molar refractivity (Wildman–Crippen MR) is 87.3 cm³/mol. The fourth-order valence-electron chi connectivity index (χ4n) is 2.95. The number of rotatable bonds is 4. The highest BCUT2D eigenvalue weighted by molar-refractivity contribution is 5.40. The van der Waals surface area contributed by atoms with Crippen LogP contribution in [0.1, 0.15) is 46.3 Å². The molecule has 0 amide bonds. The number of aryl methyl sites for hydroxylation is 4. The quantitative estimate of drug-likeness (QED) is 0.854. The van der Waals surface area contributed by atoms with E-state index in [2.05, 4.69) is 44.3 Å². The van der Waals surface area contributed by atoms with E-state index < -0.39 is 0 Å². The Kier molecular flexibility index (Phi) is 4.79. The molecule has 0 aromatic heterocycles. The molecule has 0 spiro atoms. The summed E-state index contributed by atoms with van der Waals surface area (Å²) in [7, 11) is 0. The molecule has 0 heterocycles. The lowest BCUT2D eigenvalue weighted by Crippen LogP contribution is -2.22. The minimum atomic E-state index is -0.102. The van der Waals surface area contributed by atoms with Gasteiger partial charge < -0.3 is 5.32 Å². The van der Waals surface area contributed by atoms with Gasteiger partial charge in [-0.1, -0.05) is 48.4 Å². The lowest BCUT2D eigenvalue weighted by molar-refractivity contribution is 0.598. The Balaban J connectivity index is 2.53. The number of hydrogen-bond acceptors (Lipinski definition) is 1. The largest absolute Gasteiger partial charge is 0.307 e. The maximum atomic E-state index is 13.9. The summed E-state index contributed by atoms with van der Waals surface area (Å²) >= 11 is 0. The molecule has 1 unspecified atom stereocenters. The van der Waals surface area contributed by atoms with Crippen LogP contribution in [0, 0.1) is 33.5 Å². The molecule has 21 heavy (non-hydrogen) atoms. The molecular weight excluding hydrogens is 261 g/mol. The Hall–Kier alpha value is -1.67. The van der Waals surface area contributed by atoms with E-state index >= 15 is 0 Å². The Morgan fingerprint density at radius 2 is 1.33 bits per heavy atom. The molecule has 1 atom stereocenters. The van der Waals surface area contributed by atoms with Gasteiger partial charge in [0.15, 0.2) is 0 Å². The van der Waals surface area contributed by atoms with Crippen molar-refractivity contribution < 1.29 is 4.39 Å². The van der Waals surface area contributed by atoms with Gasteiger partial charge in [0, 0.05) is 0 Å². The van der Waals surface area contributed by atoms with Crippen molar-refractivity contribution in [1.29, 1.82) is 0 Å². The van der Waals surface area contributed by atoms with E-state index in [4.69, 9.17) is 0 Å². The van der Waals surface area contributed by atoms with Gasteiger partial charge in [0.1, 0.15) is 5.82 Å². The standard InChI is InChI=1S/C19H24FN/c1-6-21-19(16-8-12(2)7-13(3)9-16)17-10-14(4)18(20)15(5)11-17/h7-11,19,21H,6H2,1-5H3. The molecule has 0 aliphatic heterocycles. The number of benzene rings is 2. The summed E-state index contributed by atoms with van der Waals surface area (Å²) in [5.74, 6) is -0.102. The summed E-state index contributed by atoms with van der Waals surface area (Å²) < 4.78 is 13.9. The van der Waals surface area contributed by atoms with Crippen LogP contribution in [-0.2, 0) is 0 Å². The summed E-state index contributed by atoms with van der Waals surface area (Å²) in [5.41, 5.74) is 6.28. The van der Waals surface area contributed by atoms with Crippen LogP contribution < -0.4 is 5.32 Å². The fraction of sp³-hybridized carbons (Fsp3) is 0.368. The van der Waals surface area contributed by atoms with Gasteiger partial charge in [-0.25, -0.2) is 4.39 Å². The first kappa shape index (κ1) is 15.7. The van der Waals surface area contributed by atoms with Gasteiger partial charge in [-0.2, -0.15) is 0 Å². The minimum Gasteiger partial charge on any atom is -0.307 e. The zero-order valence-corrected chi connectivity index (χ0v) is 13.5. The number of nitrogens with one attached hydrogen (secondary N) is 1. The molecular formula is C19H24FN. The van der Waals surface area contributed by atoms with E-state index in [9.17, 15) is 4.39 Å². The molecule has 1 N–H and O–H groups in total. The van der Waals surface area contributed by atoms with Gasteiger partial charge in [-0.15, -0.1) is 0 Å². The van der Waals surface area contributed by atoms with Crippen molar-refractivity contribution in [1.82, 2.24) is 5.32 Å². The topological polar surface area (TPSA) is 12.0 Å². The van der Waals surface area contributed by atoms with Gasteiger partial charge in [0.2, 0.25) is 0 Å². The highest BCUT2D eigenvalue weighted by Crippen LogP contribution is 2.27. The van der Waals surface area contributed by atoms with Crippen molar-refractivity contribution in [3.8, 4) is 0 Å². The molecule has 0 bridgehead atoms. The summed E-state index contributed by atoms with van der Waals surface area (Å²) in [4.78, 5) is 0. The Morgan fingerprint density at radius 3 is 1.81 bits per heavy atom. The van der Waals surface area contributed by atoms with E-state index in [0.29, 0.717) is 11.1 Å². The molecule has 0 saturated heterocycles. The van der Waals surface area contributed by atoms with Gasteiger partial charge in [0.25, 0.3) is 0 Å². The molecule has 0 aliphatic carbocycles. The fourth-order valence-corrected chi connectivity index (χ4v) is 2.95. The molecule has 2 rings (SSSR count). The van der Waals surface area contributed by atoms with E-state index in [1.165, 1.54) is 16.7 Å². The van der Waals surface area contributed by atoms with Crippen molar-refractivity contribution in [3.05, 3.63) is 69.5 Å². The number of halogens is 1. The van der Waals surface area contributed by atoms with Crippen LogP contribution in [0.5, 0.6) is 0 Å². The third kappa shape index (κ3) is 3.51. The van der Waals surface area contributed by atoms with Crippen molar-refractivity contribution in [2.75, 3.05) is 6.54 Å². The minimum absolute atomic E-state index is 0.102. The second kappa shape index (κ2) is 6.40. The zero-order valence-electron chi connectivity index (χ0n) is 13.5. The highest BCUT2D eigenvalue weighted by Gasteiger charge is 2.16. The monoisotopic (exact) mass is 285 g/mol. The summed E-state index contributed by atoms with van der Waals surface area (Å²) in [6.45, 7) is 10.8. The van der Waals surface area contributed by atoms with Crippen LogP contribution in [0.15, 0.2) is 30.3 Å². The number of hydrogen-bond donors (Lipinski definition) is 1. The maximum absolute atomic E-state index is 13.9. The third-order valence-corrected chi connectivity index (χ3v) is 3.78. The van der Waals surface area contributed by atoms with Gasteiger partial charge in [-0.3, -0.25) is 0 Å². The first-order valence-electron chi connectivity index (χ1n) is 7.50. The molecule has 2 aromatic rings. The van der Waals surface area contributed by atoms with Crippen LogP contribution in [-0.4, -0.2) is 6.54 Å². The second-order valence-electron chi connectivity index (χ2n) is 5.88. The first-order valence-corrected chi connectivity index (χ1v) is 7.50. The third-order valence-electron chi connectivity index (χ3n) is 3.78. The Morgan fingerprint density at radius 1 is 0.857 bits per heavy atom. The van der Waals surface area contributed by atoms with E-state index in [-0.39, 0.29) is 11.9 Å². The molecule has 112 valence electrons. The molecule has 0 fully saturated rings. The first-order chi connectivity index (χ1) is 9.92. The van der Waals surface area contributed by atoms with Crippen LogP contribution in [0.3, 0.4) is 0 Å². The summed E-state index contributed by atoms with van der Waals surface area (Å²) in [5, 5.41) is 3.52. The lowest BCUT2D eigenvalue weighted by Gasteiger charge is -2.21. The molecule has 0 radical (unpaired) electrons. The van der Waals surface area contributed by atoms with E-state index in [1.807, 2.05) is 26.0 Å². The van der Waals surface area contributed by atoms with Crippen molar-refractivity contribution in [3.63, 3.8) is 0 Å². The van der Waals surface area contributed by atoms with Crippen molar-refractivity contribution in [2.45, 2.75) is 40.7 Å². The SMILES string of the molecule is CCNC(c1cc(C)cc(C)c1)c1cc(C)c(F)c(C)c1. The molecule has 0 aliphatic rings. The van der Waals surface area contributed by atoms with Crippen molar-refractivity contribution >= 4 is 0 Å². The normalized spacial score (nSPS) is 12.5. The van der Waals surface area contributed by atoms with Gasteiger partial charge >= 0.3 is 0 Å². The molecule has 2 aromatic carbocycles. The smallest absolute Gasteiger partial charge is 0.129 e. The van der Waals surface area contributed by atoms with Crippen molar-refractivity contribution in [2.24, 2.45) is 0 Å².